The molecule has 0 unspecified atom stereocenters. The molecule has 0 saturated carbocycles. The van der Waals surface area contributed by atoms with E-state index in [1.807, 2.05) is 22.6 Å². The fourth-order valence-corrected chi connectivity index (χ4v) is 1.95. The number of nitrogens with zero attached hydrogens (tertiary/aromatic N) is 1. The molecular weight excluding hydrogens is 348 g/mol. The molecule has 0 saturated heterocycles. The molecule has 0 aliphatic heterocycles. The van der Waals surface area contributed by atoms with Gasteiger partial charge < -0.3 is 15.7 Å². The van der Waals surface area contributed by atoms with E-state index in [1.54, 1.807) is 12.1 Å². The molecule has 0 fully saturated rings. The third-order valence-corrected chi connectivity index (χ3v) is 2.74. The van der Waals surface area contributed by atoms with Crippen LogP contribution in [-0.4, -0.2) is 31.0 Å². The molecule has 0 spiro atoms. The van der Waals surface area contributed by atoms with Crippen molar-refractivity contribution in [3.05, 3.63) is 21.8 Å². The van der Waals surface area contributed by atoms with Crippen molar-refractivity contribution in [1.29, 1.82) is 0 Å². The maximum absolute atomic E-state index is 12.4. The Balaban J connectivity index is 2.97. The zero-order valence-electron chi connectivity index (χ0n) is 8.84. The number of hydrogen-bond acceptors (Lipinski definition) is 3. The molecule has 17 heavy (non-hydrogen) atoms. The number of halogens is 4. The van der Waals surface area contributed by atoms with Gasteiger partial charge in [0.2, 0.25) is 0 Å². The summed E-state index contributed by atoms with van der Waals surface area (Å²) in [4.78, 5) is 1.02. The minimum Gasteiger partial charge on any atom is -0.397 e. The van der Waals surface area contributed by atoms with Crippen LogP contribution in [0.1, 0.15) is 0 Å². The van der Waals surface area contributed by atoms with E-state index in [-0.39, 0.29) is 24.5 Å². The lowest BCUT2D eigenvalue weighted by molar-refractivity contribution is -0.119. The van der Waals surface area contributed by atoms with Crippen LogP contribution in [0.2, 0.25) is 0 Å². The number of alkyl halides is 3. The van der Waals surface area contributed by atoms with Gasteiger partial charge in [-0.1, -0.05) is 0 Å². The predicted molar refractivity (Wildman–Crippen MR) is 68.9 cm³/mol. The first-order valence-corrected chi connectivity index (χ1v) is 5.89. The normalized spacial score (nSPS) is 11.6. The van der Waals surface area contributed by atoms with Gasteiger partial charge in [0, 0.05) is 10.1 Å². The van der Waals surface area contributed by atoms with E-state index >= 15 is 0 Å². The van der Waals surface area contributed by atoms with E-state index in [0.29, 0.717) is 0 Å². The highest BCUT2D eigenvalue weighted by Crippen LogP contribution is 2.28. The Morgan fingerprint density at radius 1 is 1.35 bits per heavy atom. The Morgan fingerprint density at radius 2 is 2.00 bits per heavy atom. The molecule has 0 amide bonds. The second kappa shape index (κ2) is 5.76. The van der Waals surface area contributed by atoms with Crippen molar-refractivity contribution in [3.63, 3.8) is 0 Å². The van der Waals surface area contributed by atoms with Crippen LogP contribution in [0.5, 0.6) is 0 Å². The molecule has 3 nitrogen and oxygen atoms in total. The molecule has 96 valence electrons. The summed E-state index contributed by atoms with van der Waals surface area (Å²) in [6, 6.07) is 4.79. The average Bonchev–Trinajstić information content (AvgIpc) is 2.14. The molecule has 0 aliphatic carbocycles. The van der Waals surface area contributed by atoms with Gasteiger partial charge in [-0.25, -0.2) is 0 Å². The van der Waals surface area contributed by atoms with Crippen molar-refractivity contribution >= 4 is 34.0 Å². The lowest BCUT2D eigenvalue weighted by Gasteiger charge is -2.26. The van der Waals surface area contributed by atoms with Gasteiger partial charge in [-0.3, -0.25) is 0 Å². The Morgan fingerprint density at radius 3 is 2.47 bits per heavy atom. The molecule has 0 radical (unpaired) electrons. The summed E-state index contributed by atoms with van der Waals surface area (Å²) in [6.45, 7) is -1.59. The summed E-state index contributed by atoms with van der Waals surface area (Å²) in [7, 11) is 0. The van der Waals surface area contributed by atoms with Crippen LogP contribution >= 0.6 is 22.6 Å². The summed E-state index contributed by atoms with van der Waals surface area (Å²) in [6.07, 6.45) is -4.33. The molecular formula is C10H12F3IN2O. The zero-order chi connectivity index (χ0) is 13.1. The number of anilines is 2. The van der Waals surface area contributed by atoms with Crippen LogP contribution in [0.3, 0.4) is 0 Å². The van der Waals surface area contributed by atoms with Crippen molar-refractivity contribution in [2.75, 3.05) is 30.3 Å². The van der Waals surface area contributed by atoms with Gasteiger partial charge in [0.25, 0.3) is 0 Å². The lowest BCUT2D eigenvalue weighted by Crippen LogP contribution is -2.36. The third-order valence-electron chi connectivity index (χ3n) is 2.07. The van der Waals surface area contributed by atoms with Crippen LogP contribution in [0.25, 0.3) is 0 Å². The number of rotatable bonds is 4. The smallest absolute Gasteiger partial charge is 0.397 e. The molecule has 3 N–H and O–H groups in total. The van der Waals surface area contributed by atoms with E-state index in [9.17, 15) is 13.2 Å². The average molecular weight is 360 g/mol. The quantitative estimate of drug-likeness (QED) is 0.640. The van der Waals surface area contributed by atoms with Crippen molar-refractivity contribution in [1.82, 2.24) is 0 Å². The monoisotopic (exact) mass is 360 g/mol. The van der Waals surface area contributed by atoms with Crippen LogP contribution in [0.15, 0.2) is 18.2 Å². The first kappa shape index (κ1) is 14.4. The lowest BCUT2D eigenvalue weighted by atomic mass is 10.2. The molecule has 0 aliphatic rings. The van der Waals surface area contributed by atoms with Gasteiger partial charge in [-0.2, -0.15) is 13.2 Å². The number of benzene rings is 1. The summed E-state index contributed by atoms with van der Waals surface area (Å²) >= 11 is 2.03. The van der Waals surface area contributed by atoms with Crippen LogP contribution in [0, 0.1) is 3.57 Å². The van der Waals surface area contributed by atoms with E-state index in [1.165, 1.54) is 6.07 Å². The number of nitrogen functional groups attached to an aromatic ring is 1. The summed E-state index contributed by atoms with van der Waals surface area (Å²) in [5.41, 5.74) is 6.24. The fourth-order valence-electron chi connectivity index (χ4n) is 1.44. The molecule has 7 heteroatoms. The standard InChI is InChI=1S/C10H12F3IN2O/c11-10(12,13)6-16(3-4-17)9-2-1-7(14)5-8(9)15/h1-2,5,17H,3-4,6,15H2. The minimum atomic E-state index is -4.33. The summed E-state index contributed by atoms with van der Waals surface area (Å²) < 4.78 is 37.9. The molecule has 1 aromatic carbocycles. The van der Waals surface area contributed by atoms with Crippen molar-refractivity contribution in [2.24, 2.45) is 0 Å². The first-order valence-electron chi connectivity index (χ1n) is 4.81. The number of nitrogens with two attached hydrogens (primary N) is 1. The predicted octanol–water partition coefficient (Wildman–Crippen LogP) is 2.23. The molecule has 1 rings (SSSR count). The maximum atomic E-state index is 12.4. The highest BCUT2D eigenvalue weighted by Gasteiger charge is 2.31. The summed E-state index contributed by atoms with van der Waals surface area (Å²) in [5, 5.41) is 8.79. The van der Waals surface area contributed by atoms with Gasteiger partial charge >= 0.3 is 6.18 Å². The number of aliphatic hydroxyl groups is 1. The highest BCUT2D eigenvalue weighted by molar-refractivity contribution is 14.1. The Hall–Kier alpha value is -0.700. The van der Waals surface area contributed by atoms with E-state index in [4.69, 9.17) is 10.8 Å². The van der Waals surface area contributed by atoms with E-state index < -0.39 is 12.7 Å². The van der Waals surface area contributed by atoms with Crippen molar-refractivity contribution in [2.45, 2.75) is 6.18 Å². The zero-order valence-corrected chi connectivity index (χ0v) is 11.0. The van der Waals surface area contributed by atoms with E-state index in [2.05, 4.69) is 0 Å². The second-order valence-corrected chi connectivity index (χ2v) is 4.71. The molecule has 0 heterocycles. The van der Waals surface area contributed by atoms with E-state index in [0.717, 1.165) is 8.47 Å². The minimum absolute atomic E-state index is 0.107. The van der Waals surface area contributed by atoms with Crippen LogP contribution in [0.4, 0.5) is 24.5 Å². The van der Waals surface area contributed by atoms with Crippen LogP contribution in [-0.2, 0) is 0 Å². The van der Waals surface area contributed by atoms with Gasteiger partial charge in [0.05, 0.1) is 18.0 Å². The van der Waals surface area contributed by atoms with Crippen molar-refractivity contribution < 1.29 is 18.3 Å². The largest absolute Gasteiger partial charge is 0.405 e. The molecule has 0 atom stereocenters. The number of hydrogen-bond donors (Lipinski definition) is 2. The van der Waals surface area contributed by atoms with Gasteiger partial charge in [-0.15, -0.1) is 0 Å². The molecule has 0 bridgehead atoms. The second-order valence-electron chi connectivity index (χ2n) is 3.46. The van der Waals surface area contributed by atoms with Gasteiger partial charge in [-0.05, 0) is 40.8 Å². The Labute approximate surface area is 111 Å². The van der Waals surface area contributed by atoms with Crippen molar-refractivity contribution in [3.8, 4) is 0 Å². The topological polar surface area (TPSA) is 49.5 Å². The van der Waals surface area contributed by atoms with Gasteiger partial charge in [0.1, 0.15) is 6.54 Å². The third kappa shape index (κ3) is 4.58. The van der Waals surface area contributed by atoms with Gasteiger partial charge in [0.15, 0.2) is 0 Å². The SMILES string of the molecule is Nc1cc(I)ccc1N(CCO)CC(F)(F)F. The fraction of sp³-hybridized carbons (Fsp3) is 0.400. The maximum Gasteiger partial charge on any atom is 0.405 e. The molecule has 1 aromatic rings. The molecule has 0 aromatic heterocycles. The highest BCUT2D eigenvalue weighted by atomic mass is 127. The van der Waals surface area contributed by atoms with Crippen LogP contribution < -0.4 is 10.6 Å². The Bertz CT molecular complexity index is 384. The number of aliphatic hydroxyl groups excluding tert-OH is 1. The Kier molecular flexibility index (Phi) is 4.87. The first-order chi connectivity index (χ1) is 7.83. The summed E-state index contributed by atoms with van der Waals surface area (Å²) in [5.74, 6) is 0.